The molecule has 0 unspecified atom stereocenters. The fraction of sp³-hybridized carbons (Fsp3) is 0.364. The smallest absolute Gasteiger partial charge is 0.243 e. The second-order valence-electron chi connectivity index (χ2n) is 7.74. The Morgan fingerprint density at radius 3 is 2.31 bits per heavy atom. The molecule has 1 saturated heterocycles. The molecular formula is C22H27ClN4O4S. The van der Waals surface area contributed by atoms with Crippen LogP contribution in [-0.2, 0) is 19.6 Å². The summed E-state index contributed by atoms with van der Waals surface area (Å²) in [7, 11) is -1.83. The highest BCUT2D eigenvalue weighted by Crippen LogP contribution is 2.23. The molecule has 1 fully saturated rings. The van der Waals surface area contributed by atoms with Gasteiger partial charge in [0.2, 0.25) is 21.8 Å². The molecule has 8 nitrogen and oxygen atoms in total. The monoisotopic (exact) mass is 478 g/mol. The van der Waals surface area contributed by atoms with Crippen LogP contribution < -0.4 is 10.6 Å². The van der Waals surface area contributed by atoms with Gasteiger partial charge in [-0.05, 0) is 63.2 Å². The number of nitrogens with zero attached hydrogens (tertiary/aromatic N) is 2. The maximum absolute atomic E-state index is 12.6. The summed E-state index contributed by atoms with van der Waals surface area (Å²) < 4.78 is 26.7. The molecule has 0 aromatic heterocycles. The van der Waals surface area contributed by atoms with Gasteiger partial charge in [0.1, 0.15) is 0 Å². The SMILES string of the molecule is C[C@@H](C(=O)Nc1ccc(S(=O)(=O)N2CCCC2)cc1)N(C)CC(=O)Nc1ccccc1Cl. The number of nitrogens with one attached hydrogen (secondary N) is 2. The first-order chi connectivity index (χ1) is 15.2. The predicted octanol–water partition coefficient (Wildman–Crippen LogP) is 3.02. The molecule has 2 amide bonds. The summed E-state index contributed by atoms with van der Waals surface area (Å²) >= 11 is 6.05. The van der Waals surface area contributed by atoms with E-state index in [1.807, 2.05) is 0 Å². The predicted molar refractivity (Wildman–Crippen MR) is 125 cm³/mol. The molecule has 10 heteroatoms. The highest BCUT2D eigenvalue weighted by atomic mass is 35.5. The van der Waals surface area contributed by atoms with Crippen LogP contribution in [-0.4, -0.2) is 62.2 Å². The molecule has 1 atom stereocenters. The minimum Gasteiger partial charge on any atom is -0.325 e. The van der Waals surface area contributed by atoms with Gasteiger partial charge in [0.25, 0.3) is 0 Å². The Balaban J connectivity index is 1.55. The van der Waals surface area contributed by atoms with Crippen LogP contribution in [0.3, 0.4) is 0 Å². The lowest BCUT2D eigenvalue weighted by Crippen LogP contribution is -2.43. The third kappa shape index (κ3) is 5.86. The molecule has 2 N–H and O–H groups in total. The number of rotatable bonds is 8. The summed E-state index contributed by atoms with van der Waals surface area (Å²) in [6.45, 7) is 2.75. The summed E-state index contributed by atoms with van der Waals surface area (Å²) in [4.78, 5) is 26.7. The Hall–Kier alpha value is -2.46. The Kier molecular flexibility index (Phi) is 7.89. The fourth-order valence-corrected chi connectivity index (χ4v) is 5.05. The molecule has 0 spiro atoms. The lowest BCUT2D eigenvalue weighted by Gasteiger charge is -2.23. The second kappa shape index (κ2) is 10.4. The van der Waals surface area contributed by atoms with Crippen molar-refractivity contribution in [3.05, 3.63) is 53.6 Å². The fourth-order valence-electron chi connectivity index (χ4n) is 3.35. The van der Waals surface area contributed by atoms with E-state index < -0.39 is 16.1 Å². The van der Waals surface area contributed by atoms with Gasteiger partial charge in [-0.15, -0.1) is 0 Å². The lowest BCUT2D eigenvalue weighted by atomic mass is 10.2. The van der Waals surface area contributed by atoms with Gasteiger partial charge in [0.15, 0.2) is 0 Å². The van der Waals surface area contributed by atoms with Crippen molar-refractivity contribution < 1.29 is 18.0 Å². The number of para-hydroxylation sites is 1. The van der Waals surface area contributed by atoms with Crippen LogP contribution in [0.15, 0.2) is 53.4 Å². The van der Waals surface area contributed by atoms with Crippen molar-refractivity contribution >= 4 is 44.8 Å². The van der Waals surface area contributed by atoms with E-state index in [0.29, 0.717) is 29.5 Å². The van der Waals surface area contributed by atoms with Crippen LogP contribution in [0.4, 0.5) is 11.4 Å². The van der Waals surface area contributed by atoms with Gasteiger partial charge in [-0.3, -0.25) is 14.5 Å². The van der Waals surface area contributed by atoms with E-state index in [0.717, 1.165) is 12.8 Å². The minimum atomic E-state index is -3.50. The molecule has 172 valence electrons. The molecule has 2 aromatic rings. The molecule has 3 rings (SSSR count). The van der Waals surface area contributed by atoms with Crippen LogP contribution in [0.2, 0.25) is 5.02 Å². The summed E-state index contributed by atoms with van der Waals surface area (Å²) in [5, 5.41) is 5.92. The zero-order valence-electron chi connectivity index (χ0n) is 18.0. The molecule has 0 bridgehead atoms. The van der Waals surface area contributed by atoms with Gasteiger partial charge in [-0.2, -0.15) is 4.31 Å². The topological polar surface area (TPSA) is 98.8 Å². The Labute approximate surface area is 193 Å². The molecule has 1 aliphatic rings. The van der Waals surface area contributed by atoms with E-state index in [-0.39, 0.29) is 23.3 Å². The van der Waals surface area contributed by atoms with Gasteiger partial charge in [0.05, 0.1) is 28.2 Å². The number of carbonyl (C=O) groups is 2. The minimum absolute atomic E-state index is 0.00712. The second-order valence-corrected chi connectivity index (χ2v) is 10.1. The number of likely N-dealkylation sites (N-methyl/N-ethyl adjacent to an activating group) is 1. The number of anilines is 2. The number of hydrogen-bond acceptors (Lipinski definition) is 5. The summed E-state index contributed by atoms with van der Waals surface area (Å²) in [5.41, 5.74) is 0.991. The van der Waals surface area contributed by atoms with Crippen LogP contribution in [0.5, 0.6) is 0 Å². The highest BCUT2D eigenvalue weighted by molar-refractivity contribution is 7.89. The number of hydrogen-bond donors (Lipinski definition) is 2. The number of halogens is 1. The summed E-state index contributed by atoms with van der Waals surface area (Å²) in [6, 6.07) is 12.4. The van der Waals surface area contributed by atoms with Crippen molar-refractivity contribution in [3.63, 3.8) is 0 Å². The number of carbonyl (C=O) groups excluding carboxylic acids is 2. The number of amides is 2. The van der Waals surface area contributed by atoms with Crippen molar-refractivity contribution in [1.29, 1.82) is 0 Å². The van der Waals surface area contributed by atoms with Crippen molar-refractivity contribution in [3.8, 4) is 0 Å². The first kappa shape index (κ1) is 24.2. The van der Waals surface area contributed by atoms with E-state index in [1.54, 1.807) is 55.3 Å². The van der Waals surface area contributed by atoms with Crippen LogP contribution in [0, 0.1) is 0 Å². The van der Waals surface area contributed by atoms with Gasteiger partial charge in [0, 0.05) is 18.8 Å². The molecule has 1 aliphatic heterocycles. The number of sulfonamides is 1. The lowest BCUT2D eigenvalue weighted by molar-refractivity contribution is -0.122. The van der Waals surface area contributed by atoms with Crippen LogP contribution >= 0.6 is 11.6 Å². The van der Waals surface area contributed by atoms with Crippen LogP contribution in [0.25, 0.3) is 0 Å². The van der Waals surface area contributed by atoms with Crippen molar-refractivity contribution in [2.75, 3.05) is 37.3 Å². The number of benzene rings is 2. The highest BCUT2D eigenvalue weighted by Gasteiger charge is 2.27. The Morgan fingerprint density at radius 2 is 1.69 bits per heavy atom. The molecular weight excluding hydrogens is 452 g/mol. The largest absolute Gasteiger partial charge is 0.325 e. The van der Waals surface area contributed by atoms with Gasteiger partial charge < -0.3 is 10.6 Å². The normalized spacial score (nSPS) is 15.5. The van der Waals surface area contributed by atoms with Crippen LogP contribution in [0.1, 0.15) is 19.8 Å². The molecule has 0 radical (unpaired) electrons. The van der Waals surface area contributed by atoms with Crippen molar-refractivity contribution in [2.45, 2.75) is 30.7 Å². The third-order valence-corrected chi connectivity index (χ3v) is 7.65. The van der Waals surface area contributed by atoms with E-state index >= 15 is 0 Å². The third-order valence-electron chi connectivity index (χ3n) is 5.41. The van der Waals surface area contributed by atoms with Gasteiger partial charge in [-0.25, -0.2) is 8.42 Å². The average molecular weight is 479 g/mol. The molecule has 1 heterocycles. The molecule has 2 aromatic carbocycles. The Morgan fingerprint density at radius 1 is 1.06 bits per heavy atom. The van der Waals surface area contributed by atoms with Gasteiger partial charge >= 0.3 is 0 Å². The molecule has 0 aliphatic carbocycles. The zero-order valence-corrected chi connectivity index (χ0v) is 19.6. The van der Waals surface area contributed by atoms with E-state index in [4.69, 9.17) is 11.6 Å². The maximum atomic E-state index is 12.6. The standard InChI is InChI=1S/C22H27ClN4O4S/c1-16(26(2)15-21(28)25-20-8-4-3-7-19(20)23)22(29)24-17-9-11-18(12-10-17)32(30,31)27-13-5-6-14-27/h3-4,7-12,16H,5-6,13-15H2,1-2H3,(H,24,29)(H,25,28)/t16-/m0/s1. The first-order valence-electron chi connectivity index (χ1n) is 10.3. The van der Waals surface area contributed by atoms with E-state index in [1.165, 1.54) is 16.4 Å². The van der Waals surface area contributed by atoms with E-state index in [2.05, 4.69) is 10.6 Å². The summed E-state index contributed by atoms with van der Waals surface area (Å²) in [5.74, 6) is -0.607. The molecule has 32 heavy (non-hydrogen) atoms. The maximum Gasteiger partial charge on any atom is 0.243 e. The average Bonchev–Trinajstić information content (AvgIpc) is 3.31. The zero-order chi connectivity index (χ0) is 23.3. The quantitative estimate of drug-likeness (QED) is 0.607. The van der Waals surface area contributed by atoms with Crippen molar-refractivity contribution in [1.82, 2.24) is 9.21 Å². The Bertz CT molecular complexity index is 1070. The molecule has 0 saturated carbocycles. The van der Waals surface area contributed by atoms with Gasteiger partial charge in [-0.1, -0.05) is 23.7 Å². The van der Waals surface area contributed by atoms with Crippen molar-refractivity contribution in [2.24, 2.45) is 0 Å². The summed E-state index contributed by atoms with van der Waals surface area (Å²) in [6.07, 6.45) is 1.74. The first-order valence-corrected chi connectivity index (χ1v) is 12.2. The van der Waals surface area contributed by atoms with E-state index in [9.17, 15) is 18.0 Å².